The molecule has 1 fully saturated rings. The van der Waals surface area contributed by atoms with Gasteiger partial charge in [0.2, 0.25) is 0 Å². The maximum absolute atomic E-state index is 12.4. The number of aliphatic imine (C=N–C) groups is 1. The monoisotopic (exact) mass is 394 g/mol. The average molecular weight is 394 g/mol. The predicted molar refractivity (Wildman–Crippen MR) is 115 cm³/mol. The highest BCUT2D eigenvalue weighted by Gasteiger charge is 2.24. The van der Waals surface area contributed by atoms with Crippen LogP contribution < -0.4 is 10.1 Å². The molecule has 1 aliphatic heterocycles. The lowest BCUT2D eigenvalue weighted by atomic mass is 10.1. The Bertz CT molecular complexity index is 980. The van der Waals surface area contributed by atoms with Crippen LogP contribution in [0.2, 0.25) is 0 Å². The molecule has 3 rings (SSSR count). The van der Waals surface area contributed by atoms with Crippen LogP contribution in [-0.4, -0.2) is 22.8 Å². The summed E-state index contributed by atoms with van der Waals surface area (Å²) < 4.78 is 5.52. The number of hydrogen-bond donors (Lipinski definition) is 2. The van der Waals surface area contributed by atoms with Crippen LogP contribution in [-0.2, 0) is 11.2 Å². The first kappa shape index (κ1) is 19.8. The number of aromatic hydroxyl groups is 1. The molecule has 2 aromatic rings. The molecule has 0 saturated carbocycles. The number of hydrogen-bond acceptors (Lipinski definition) is 5. The Morgan fingerprint density at radius 2 is 2.11 bits per heavy atom. The topological polar surface area (TPSA) is 70.9 Å². The first-order chi connectivity index (χ1) is 13.5. The molecule has 0 radical (unpaired) electrons. The van der Waals surface area contributed by atoms with Crippen LogP contribution in [0.5, 0.6) is 11.5 Å². The number of carbonyl (C=O) groups is 1. The predicted octanol–water partition coefficient (Wildman–Crippen LogP) is 4.72. The first-order valence-electron chi connectivity index (χ1n) is 8.96. The summed E-state index contributed by atoms with van der Waals surface area (Å²) in [7, 11) is 0. The molecule has 0 aromatic heterocycles. The Labute approximate surface area is 168 Å². The fourth-order valence-corrected chi connectivity index (χ4v) is 3.61. The van der Waals surface area contributed by atoms with Gasteiger partial charge in [0, 0.05) is 5.56 Å². The van der Waals surface area contributed by atoms with Crippen molar-refractivity contribution in [2.24, 2.45) is 4.99 Å². The minimum absolute atomic E-state index is 0.106. The summed E-state index contributed by atoms with van der Waals surface area (Å²) in [5.41, 5.74) is 3.33. The number of phenolic OH excluding ortho intramolecular Hbond substituents is 1. The second-order valence-electron chi connectivity index (χ2n) is 6.22. The van der Waals surface area contributed by atoms with Crippen molar-refractivity contribution < 1.29 is 14.6 Å². The fraction of sp³-hybridized carbons (Fsp3) is 0.182. The Balaban J connectivity index is 1.92. The summed E-state index contributed by atoms with van der Waals surface area (Å²) in [5, 5.41) is 13.7. The minimum atomic E-state index is -0.200. The highest BCUT2D eigenvalue weighted by molar-refractivity contribution is 8.18. The van der Waals surface area contributed by atoms with Crippen LogP contribution in [0.25, 0.3) is 6.08 Å². The minimum Gasteiger partial charge on any atom is -0.504 e. The van der Waals surface area contributed by atoms with Crippen molar-refractivity contribution in [1.82, 2.24) is 5.32 Å². The first-order valence-corrected chi connectivity index (χ1v) is 9.78. The number of para-hydroxylation sites is 1. The number of rotatable bonds is 6. The Morgan fingerprint density at radius 3 is 2.82 bits per heavy atom. The molecule has 6 heteroatoms. The van der Waals surface area contributed by atoms with Crippen LogP contribution in [0.1, 0.15) is 23.6 Å². The third kappa shape index (κ3) is 4.46. The summed E-state index contributed by atoms with van der Waals surface area (Å²) in [5.74, 6) is 0.300. The number of phenols is 1. The Kier molecular flexibility index (Phi) is 6.21. The molecule has 0 aliphatic carbocycles. The van der Waals surface area contributed by atoms with E-state index in [0.29, 0.717) is 34.4 Å². The van der Waals surface area contributed by atoms with Crippen LogP contribution in [0.4, 0.5) is 5.69 Å². The molecule has 2 N–H and O–H groups in total. The third-order valence-corrected chi connectivity index (χ3v) is 5.04. The van der Waals surface area contributed by atoms with Crippen molar-refractivity contribution in [1.29, 1.82) is 0 Å². The second kappa shape index (κ2) is 8.80. The van der Waals surface area contributed by atoms with Gasteiger partial charge in [0.05, 0.1) is 17.2 Å². The van der Waals surface area contributed by atoms with E-state index in [2.05, 4.69) is 16.9 Å². The summed E-state index contributed by atoms with van der Waals surface area (Å²) in [4.78, 5) is 17.4. The van der Waals surface area contributed by atoms with Gasteiger partial charge in [0.15, 0.2) is 16.7 Å². The van der Waals surface area contributed by atoms with Gasteiger partial charge in [0.25, 0.3) is 5.91 Å². The lowest BCUT2D eigenvalue weighted by Gasteiger charge is -2.11. The van der Waals surface area contributed by atoms with E-state index in [1.165, 1.54) is 11.8 Å². The molecule has 1 amide bonds. The van der Waals surface area contributed by atoms with Gasteiger partial charge in [-0.15, -0.1) is 6.58 Å². The van der Waals surface area contributed by atoms with Gasteiger partial charge in [-0.1, -0.05) is 24.3 Å². The number of aryl methyl sites for hydroxylation is 1. The quantitative estimate of drug-likeness (QED) is 0.549. The zero-order chi connectivity index (χ0) is 20.1. The summed E-state index contributed by atoms with van der Waals surface area (Å²) in [6.07, 6.45) is 3.99. The van der Waals surface area contributed by atoms with Crippen LogP contribution in [0, 0.1) is 6.92 Å². The van der Waals surface area contributed by atoms with Gasteiger partial charge in [-0.3, -0.25) is 4.79 Å². The molecule has 1 saturated heterocycles. The lowest BCUT2D eigenvalue weighted by Crippen LogP contribution is -2.19. The molecule has 5 nitrogen and oxygen atoms in total. The molecule has 1 aliphatic rings. The number of allylic oxidation sites excluding steroid dienone is 1. The number of amidine groups is 1. The third-order valence-electron chi connectivity index (χ3n) is 4.13. The van der Waals surface area contributed by atoms with E-state index in [-0.39, 0.29) is 11.7 Å². The maximum atomic E-state index is 12.4. The number of nitrogens with zero attached hydrogens (tertiary/aromatic N) is 1. The average Bonchev–Trinajstić information content (AvgIpc) is 3.00. The van der Waals surface area contributed by atoms with Gasteiger partial charge in [0.1, 0.15) is 0 Å². The van der Waals surface area contributed by atoms with E-state index in [1.54, 1.807) is 18.2 Å². The van der Waals surface area contributed by atoms with E-state index >= 15 is 0 Å². The molecule has 0 bridgehead atoms. The highest BCUT2D eigenvalue weighted by Crippen LogP contribution is 2.35. The zero-order valence-corrected chi connectivity index (χ0v) is 16.7. The van der Waals surface area contributed by atoms with Crippen molar-refractivity contribution in [2.45, 2.75) is 20.3 Å². The zero-order valence-electron chi connectivity index (χ0n) is 15.9. The molecule has 0 unspecified atom stereocenters. The molecule has 1 heterocycles. The number of nitrogens with one attached hydrogen (secondary N) is 1. The maximum Gasteiger partial charge on any atom is 0.264 e. The van der Waals surface area contributed by atoms with Crippen molar-refractivity contribution in [2.75, 3.05) is 6.61 Å². The Morgan fingerprint density at radius 1 is 1.32 bits per heavy atom. The summed E-state index contributed by atoms with van der Waals surface area (Å²) in [6, 6.07) is 11.3. The van der Waals surface area contributed by atoms with Crippen LogP contribution >= 0.6 is 11.8 Å². The number of ether oxygens (including phenoxy) is 1. The lowest BCUT2D eigenvalue weighted by molar-refractivity contribution is -0.115. The van der Waals surface area contributed by atoms with E-state index in [0.717, 1.165) is 16.8 Å². The van der Waals surface area contributed by atoms with Crippen molar-refractivity contribution in [3.63, 3.8) is 0 Å². The Hall–Kier alpha value is -2.99. The summed E-state index contributed by atoms with van der Waals surface area (Å²) in [6.45, 7) is 7.99. The molecule has 0 spiro atoms. The molecule has 0 atom stereocenters. The van der Waals surface area contributed by atoms with Crippen LogP contribution in [0.15, 0.2) is 59.0 Å². The van der Waals surface area contributed by atoms with Gasteiger partial charge in [-0.05, 0) is 67.4 Å². The number of thioether (sulfide) groups is 1. The molecule has 28 heavy (non-hydrogen) atoms. The SMILES string of the molecule is C=CCc1cc(/C=C2\SC(=Nc3ccccc3C)NC2=O)cc(OCC)c1O. The number of carbonyl (C=O) groups excluding carboxylic acids is 1. The van der Waals surface area contributed by atoms with E-state index < -0.39 is 0 Å². The summed E-state index contributed by atoms with van der Waals surface area (Å²) >= 11 is 1.29. The van der Waals surface area contributed by atoms with Gasteiger partial charge in [-0.25, -0.2) is 4.99 Å². The van der Waals surface area contributed by atoms with Gasteiger partial charge in [-0.2, -0.15) is 0 Å². The standard InChI is InChI=1S/C22H22N2O3S/c1-4-8-16-11-15(12-18(20(16)25)27-5-2)13-19-21(26)24-22(28-19)23-17-10-7-6-9-14(17)3/h4,6-7,9-13,25H,1,5,8H2,2-3H3,(H,23,24,26)/b19-13-. The second-order valence-corrected chi connectivity index (χ2v) is 7.25. The number of amides is 1. The van der Waals surface area contributed by atoms with Crippen molar-refractivity contribution in [3.05, 3.63) is 70.6 Å². The molecular weight excluding hydrogens is 372 g/mol. The fourth-order valence-electron chi connectivity index (χ4n) is 2.78. The number of benzene rings is 2. The van der Waals surface area contributed by atoms with E-state index in [9.17, 15) is 9.90 Å². The van der Waals surface area contributed by atoms with Gasteiger partial charge >= 0.3 is 0 Å². The normalized spacial score (nSPS) is 16.4. The van der Waals surface area contributed by atoms with E-state index in [1.807, 2.05) is 44.2 Å². The van der Waals surface area contributed by atoms with Crippen LogP contribution in [0.3, 0.4) is 0 Å². The smallest absolute Gasteiger partial charge is 0.264 e. The largest absolute Gasteiger partial charge is 0.504 e. The van der Waals surface area contributed by atoms with Crippen molar-refractivity contribution >= 4 is 34.6 Å². The van der Waals surface area contributed by atoms with Gasteiger partial charge < -0.3 is 15.2 Å². The van der Waals surface area contributed by atoms with Crippen molar-refractivity contribution in [3.8, 4) is 11.5 Å². The highest BCUT2D eigenvalue weighted by atomic mass is 32.2. The molecule has 144 valence electrons. The molecule has 2 aromatic carbocycles. The molecular formula is C22H22N2O3S. The van der Waals surface area contributed by atoms with E-state index in [4.69, 9.17) is 4.74 Å².